The molecular formula is C16H19N7. The number of aromatic nitrogens is 6. The van der Waals surface area contributed by atoms with Gasteiger partial charge in [0, 0.05) is 31.4 Å². The van der Waals surface area contributed by atoms with Crippen molar-refractivity contribution < 1.29 is 0 Å². The molecule has 2 aliphatic rings. The van der Waals surface area contributed by atoms with Crippen molar-refractivity contribution in [3.63, 3.8) is 0 Å². The zero-order chi connectivity index (χ0) is 15.2. The van der Waals surface area contributed by atoms with Gasteiger partial charge < -0.3 is 4.90 Å². The zero-order valence-electron chi connectivity index (χ0n) is 12.9. The normalized spacial score (nSPS) is 21.9. The van der Waals surface area contributed by atoms with Gasteiger partial charge in [-0.25, -0.2) is 0 Å². The topological polar surface area (TPSA) is 64.1 Å². The molecule has 0 spiro atoms. The molecule has 3 aromatic rings. The zero-order valence-corrected chi connectivity index (χ0v) is 12.9. The van der Waals surface area contributed by atoms with Crippen molar-refractivity contribution in [1.82, 2.24) is 29.6 Å². The molecule has 0 aromatic carbocycles. The van der Waals surface area contributed by atoms with Crippen molar-refractivity contribution in [3.05, 3.63) is 36.4 Å². The first-order valence-electron chi connectivity index (χ1n) is 8.35. The molecule has 1 saturated carbocycles. The van der Waals surface area contributed by atoms with E-state index in [9.17, 15) is 0 Å². The van der Waals surface area contributed by atoms with E-state index in [0.29, 0.717) is 12.0 Å². The third-order valence-electron chi connectivity index (χ3n) is 4.83. The summed E-state index contributed by atoms with van der Waals surface area (Å²) in [5.74, 6) is 2.57. The molecule has 7 heteroatoms. The summed E-state index contributed by atoms with van der Waals surface area (Å²) < 4.78 is 4.00. The molecule has 23 heavy (non-hydrogen) atoms. The summed E-state index contributed by atoms with van der Waals surface area (Å²) in [5, 5.41) is 17.8. The first-order valence-corrected chi connectivity index (χ1v) is 8.35. The Labute approximate surface area is 133 Å². The fourth-order valence-corrected chi connectivity index (χ4v) is 3.44. The van der Waals surface area contributed by atoms with Crippen LogP contribution in [0.4, 0.5) is 5.82 Å². The Hall–Kier alpha value is -2.44. The van der Waals surface area contributed by atoms with E-state index in [1.165, 1.54) is 19.3 Å². The van der Waals surface area contributed by atoms with Crippen LogP contribution in [0, 0.1) is 0 Å². The maximum atomic E-state index is 4.82. The average molecular weight is 309 g/mol. The lowest BCUT2D eigenvalue weighted by Crippen LogP contribution is -2.37. The summed E-state index contributed by atoms with van der Waals surface area (Å²) in [6.07, 6.45) is 8.63. The van der Waals surface area contributed by atoms with Crippen molar-refractivity contribution in [2.24, 2.45) is 0 Å². The first kappa shape index (κ1) is 13.0. The molecule has 0 bridgehead atoms. The van der Waals surface area contributed by atoms with Gasteiger partial charge in [0.25, 0.3) is 0 Å². The highest BCUT2D eigenvalue weighted by atomic mass is 15.4. The molecule has 1 saturated heterocycles. The monoisotopic (exact) mass is 309 g/mol. The van der Waals surface area contributed by atoms with Gasteiger partial charge in [0.2, 0.25) is 0 Å². The van der Waals surface area contributed by atoms with Crippen LogP contribution in [0.2, 0.25) is 0 Å². The van der Waals surface area contributed by atoms with Crippen LogP contribution in [0.1, 0.15) is 43.5 Å². The number of piperidine rings is 1. The molecule has 1 aliphatic heterocycles. The second-order valence-electron chi connectivity index (χ2n) is 6.52. The summed E-state index contributed by atoms with van der Waals surface area (Å²) >= 11 is 0. The number of rotatable bonds is 3. The Bertz CT molecular complexity index is 818. The third kappa shape index (κ3) is 2.27. The van der Waals surface area contributed by atoms with Gasteiger partial charge in [-0.3, -0.25) is 4.68 Å². The number of nitrogens with zero attached hydrogens (tertiary/aromatic N) is 7. The van der Waals surface area contributed by atoms with Crippen molar-refractivity contribution in [3.8, 4) is 0 Å². The van der Waals surface area contributed by atoms with Crippen LogP contribution >= 0.6 is 0 Å². The smallest absolute Gasteiger partial charge is 0.178 e. The Kier molecular flexibility index (Phi) is 2.86. The van der Waals surface area contributed by atoms with Crippen LogP contribution in [0.15, 0.2) is 30.6 Å². The molecule has 1 atom stereocenters. The highest BCUT2D eigenvalue weighted by Gasteiger charge is 2.30. The molecule has 2 fully saturated rings. The van der Waals surface area contributed by atoms with E-state index in [0.717, 1.165) is 36.8 Å². The maximum absolute atomic E-state index is 4.82. The van der Waals surface area contributed by atoms with Crippen molar-refractivity contribution in [1.29, 1.82) is 0 Å². The molecule has 3 aromatic heterocycles. The Morgan fingerprint density at radius 2 is 2.04 bits per heavy atom. The predicted octanol–water partition coefficient (Wildman–Crippen LogP) is 2.04. The highest BCUT2D eigenvalue weighted by molar-refractivity contribution is 5.46. The van der Waals surface area contributed by atoms with Gasteiger partial charge >= 0.3 is 0 Å². The first-order chi connectivity index (χ1) is 11.4. The quantitative estimate of drug-likeness (QED) is 0.741. The third-order valence-corrected chi connectivity index (χ3v) is 4.83. The van der Waals surface area contributed by atoms with Gasteiger partial charge in [0.1, 0.15) is 5.82 Å². The summed E-state index contributed by atoms with van der Waals surface area (Å²) in [5.41, 5.74) is 0.844. The van der Waals surface area contributed by atoms with E-state index in [1.807, 2.05) is 22.8 Å². The Morgan fingerprint density at radius 3 is 2.87 bits per heavy atom. The molecule has 7 nitrogen and oxygen atoms in total. The van der Waals surface area contributed by atoms with Gasteiger partial charge in [-0.1, -0.05) is 0 Å². The van der Waals surface area contributed by atoms with E-state index in [1.54, 1.807) is 0 Å². The van der Waals surface area contributed by atoms with E-state index in [4.69, 9.17) is 5.10 Å². The minimum Gasteiger partial charge on any atom is -0.353 e. The summed E-state index contributed by atoms with van der Waals surface area (Å²) in [6, 6.07) is 6.49. The second-order valence-corrected chi connectivity index (χ2v) is 6.52. The van der Waals surface area contributed by atoms with Crippen LogP contribution in [0.25, 0.3) is 5.65 Å². The minimum atomic E-state index is 0.417. The fourth-order valence-electron chi connectivity index (χ4n) is 3.44. The lowest BCUT2D eigenvalue weighted by atomic mass is 10.1. The Morgan fingerprint density at radius 1 is 1.09 bits per heavy atom. The van der Waals surface area contributed by atoms with Crippen LogP contribution in [-0.4, -0.2) is 42.7 Å². The predicted molar refractivity (Wildman–Crippen MR) is 85.5 cm³/mol. The van der Waals surface area contributed by atoms with Crippen LogP contribution < -0.4 is 4.90 Å². The molecule has 1 unspecified atom stereocenters. The summed E-state index contributed by atoms with van der Waals surface area (Å²) in [4.78, 5) is 2.35. The SMILES string of the molecule is c1cnn(C2CCCN(c3ccc4nnc(C5CC5)n4n3)C2)c1. The van der Waals surface area contributed by atoms with Gasteiger partial charge in [-0.2, -0.15) is 9.61 Å². The second kappa shape index (κ2) is 5.04. The molecule has 1 aliphatic carbocycles. The van der Waals surface area contributed by atoms with Crippen LogP contribution in [-0.2, 0) is 0 Å². The lowest BCUT2D eigenvalue weighted by Gasteiger charge is -2.33. The number of fused-ring (bicyclic) bond motifs is 1. The largest absolute Gasteiger partial charge is 0.353 e. The van der Waals surface area contributed by atoms with Crippen LogP contribution in [0.3, 0.4) is 0 Å². The van der Waals surface area contributed by atoms with Crippen molar-refractivity contribution >= 4 is 11.5 Å². The highest BCUT2D eigenvalue weighted by Crippen LogP contribution is 2.38. The number of hydrogen-bond donors (Lipinski definition) is 0. The standard InChI is InChI=1S/C16H19N7/c1-3-13(22-10-2-8-17-22)11-21(9-1)15-7-6-14-18-19-16(12-4-5-12)23(14)20-15/h2,6-8,10,12-13H,1,3-5,9,11H2. The van der Waals surface area contributed by atoms with Crippen molar-refractivity contribution in [2.45, 2.75) is 37.6 Å². The summed E-state index contributed by atoms with van der Waals surface area (Å²) in [7, 11) is 0. The van der Waals surface area contributed by atoms with E-state index < -0.39 is 0 Å². The van der Waals surface area contributed by atoms with Gasteiger partial charge in [0.05, 0.1) is 6.04 Å². The minimum absolute atomic E-state index is 0.417. The van der Waals surface area contributed by atoms with Crippen molar-refractivity contribution in [2.75, 3.05) is 18.0 Å². The van der Waals surface area contributed by atoms with Gasteiger partial charge in [-0.15, -0.1) is 15.3 Å². The average Bonchev–Trinajstić information content (AvgIpc) is 3.14. The molecular weight excluding hydrogens is 290 g/mol. The van der Waals surface area contributed by atoms with Gasteiger partial charge in [-0.05, 0) is 43.9 Å². The fraction of sp³-hybridized carbons (Fsp3) is 0.500. The molecule has 5 rings (SSSR count). The number of hydrogen-bond acceptors (Lipinski definition) is 5. The van der Waals surface area contributed by atoms with E-state index in [-0.39, 0.29) is 0 Å². The molecule has 118 valence electrons. The van der Waals surface area contributed by atoms with Crippen LogP contribution in [0.5, 0.6) is 0 Å². The number of anilines is 1. The van der Waals surface area contributed by atoms with Gasteiger partial charge in [0.15, 0.2) is 11.5 Å². The summed E-state index contributed by atoms with van der Waals surface area (Å²) in [6.45, 7) is 1.98. The Balaban J connectivity index is 1.46. The lowest BCUT2D eigenvalue weighted by molar-refractivity contribution is 0.374. The molecule has 4 heterocycles. The van der Waals surface area contributed by atoms with E-state index in [2.05, 4.69) is 37.1 Å². The maximum Gasteiger partial charge on any atom is 0.178 e. The molecule has 0 amide bonds. The molecule has 0 radical (unpaired) electrons. The molecule has 0 N–H and O–H groups in total. The van der Waals surface area contributed by atoms with E-state index >= 15 is 0 Å².